The van der Waals surface area contributed by atoms with Crippen molar-refractivity contribution in [3.8, 4) is 0 Å². The summed E-state index contributed by atoms with van der Waals surface area (Å²) in [6.07, 6.45) is 3.76. The van der Waals surface area contributed by atoms with Crippen molar-refractivity contribution in [1.29, 1.82) is 0 Å². The third kappa shape index (κ3) is 3.91. The summed E-state index contributed by atoms with van der Waals surface area (Å²) in [5, 5.41) is 11.0. The van der Waals surface area contributed by atoms with Gasteiger partial charge in [-0.25, -0.2) is 0 Å². The molecule has 2 unspecified atom stereocenters. The van der Waals surface area contributed by atoms with Gasteiger partial charge in [-0.15, -0.1) is 0 Å². The van der Waals surface area contributed by atoms with E-state index in [1.807, 2.05) is 0 Å². The Morgan fingerprint density at radius 3 is 2.84 bits per heavy atom. The summed E-state index contributed by atoms with van der Waals surface area (Å²) in [6, 6.07) is 0.919. The predicted molar refractivity (Wildman–Crippen MR) is 70.9 cm³/mol. The molecule has 19 heavy (non-hydrogen) atoms. The number of carbonyl (C=O) groups excluding carboxylic acids is 1. The summed E-state index contributed by atoms with van der Waals surface area (Å²) in [5.41, 5.74) is 0. The zero-order valence-electron chi connectivity index (χ0n) is 11.5. The van der Waals surface area contributed by atoms with Crippen LogP contribution in [0.1, 0.15) is 26.2 Å². The minimum Gasteiger partial charge on any atom is -0.480 e. The molecule has 6 nitrogen and oxygen atoms in total. The molecule has 0 aromatic carbocycles. The van der Waals surface area contributed by atoms with Crippen LogP contribution in [0.25, 0.3) is 0 Å². The lowest BCUT2D eigenvalue weighted by Crippen LogP contribution is -2.60. The average molecular weight is 269 g/mol. The van der Waals surface area contributed by atoms with Crippen LogP contribution in [0.2, 0.25) is 0 Å². The van der Waals surface area contributed by atoms with Gasteiger partial charge in [0.15, 0.2) is 0 Å². The average Bonchev–Trinajstić information content (AvgIpc) is 2.37. The van der Waals surface area contributed by atoms with Crippen LogP contribution in [-0.4, -0.2) is 71.6 Å². The molecule has 0 saturated carbocycles. The fourth-order valence-electron chi connectivity index (χ4n) is 3.05. The lowest BCUT2D eigenvalue weighted by molar-refractivity contribution is -0.138. The van der Waals surface area contributed by atoms with Crippen molar-refractivity contribution < 1.29 is 14.7 Å². The molecule has 0 radical (unpaired) electrons. The third-order valence-corrected chi connectivity index (χ3v) is 4.10. The van der Waals surface area contributed by atoms with Crippen molar-refractivity contribution in [2.75, 3.05) is 32.7 Å². The van der Waals surface area contributed by atoms with Gasteiger partial charge in [-0.2, -0.15) is 0 Å². The van der Waals surface area contributed by atoms with Crippen LogP contribution in [0.3, 0.4) is 0 Å². The Labute approximate surface area is 113 Å². The van der Waals surface area contributed by atoms with Gasteiger partial charge in [0.25, 0.3) is 0 Å². The Morgan fingerprint density at radius 2 is 2.11 bits per heavy atom. The molecule has 0 aliphatic carbocycles. The highest BCUT2D eigenvalue weighted by atomic mass is 16.4. The normalized spacial score (nSPS) is 28.7. The topological polar surface area (TPSA) is 72.9 Å². The Balaban J connectivity index is 1.82. The van der Waals surface area contributed by atoms with Crippen LogP contribution in [0, 0.1) is 0 Å². The Bertz CT molecular complexity index is 348. The van der Waals surface area contributed by atoms with E-state index < -0.39 is 5.97 Å². The SMILES string of the molecule is CC1CN2CCCCC2CN1CC(=O)NCC(=O)O. The molecule has 2 N–H and O–H groups in total. The molecule has 108 valence electrons. The monoisotopic (exact) mass is 269 g/mol. The van der Waals surface area contributed by atoms with Crippen molar-refractivity contribution in [2.45, 2.75) is 38.3 Å². The molecule has 0 bridgehead atoms. The largest absolute Gasteiger partial charge is 0.480 e. The number of piperazine rings is 1. The van der Waals surface area contributed by atoms with Gasteiger partial charge in [0, 0.05) is 25.2 Å². The number of hydrogen-bond acceptors (Lipinski definition) is 4. The van der Waals surface area contributed by atoms with Crippen molar-refractivity contribution in [2.24, 2.45) is 0 Å². The van der Waals surface area contributed by atoms with Gasteiger partial charge < -0.3 is 10.4 Å². The first-order valence-electron chi connectivity index (χ1n) is 7.03. The van der Waals surface area contributed by atoms with E-state index in [4.69, 9.17) is 5.11 Å². The molecule has 0 spiro atoms. The zero-order valence-corrected chi connectivity index (χ0v) is 11.5. The van der Waals surface area contributed by atoms with E-state index in [-0.39, 0.29) is 12.5 Å². The van der Waals surface area contributed by atoms with E-state index in [1.165, 1.54) is 25.8 Å². The number of carboxylic acids is 1. The molecule has 2 fully saturated rings. The number of carbonyl (C=O) groups is 2. The van der Waals surface area contributed by atoms with Gasteiger partial charge in [0.1, 0.15) is 6.54 Å². The number of amides is 1. The molecule has 2 heterocycles. The van der Waals surface area contributed by atoms with Crippen molar-refractivity contribution in [3.05, 3.63) is 0 Å². The van der Waals surface area contributed by atoms with Crippen LogP contribution in [0.5, 0.6) is 0 Å². The number of hydrogen-bond donors (Lipinski definition) is 2. The predicted octanol–water partition coefficient (Wildman–Crippen LogP) is -0.254. The quantitative estimate of drug-likeness (QED) is 0.736. The standard InChI is InChI=1S/C13H23N3O3/c1-10-7-15-5-3-2-4-11(15)8-16(10)9-12(17)14-6-13(18)19/h10-11H,2-9H2,1H3,(H,14,17)(H,18,19). The number of rotatable bonds is 4. The molecule has 0 aromatic rings. The molecule has 2 rings (SSSR count). The number of nitrogens with zero attached hydrogens (tertiary/aromatic N) is 2. The maximum Gasteiger partial charge on any atom is 0.322 e. The first-order valence-corrected chi connectivity index (χ1v) is 7.03. The molecule has 6 heteroatoms. The molecule has 2 aliphatic rings. The van der Waals surface area contributed by atoms with Crippen molar-refractivity contribution in [3.63, 3.8) is 0 Å². The van der Waals surface area contributed by atoms with E-state index in [2.05, 4.69) is 22.0 Å². The second-order valence-electron chi connectivity index (χ2n) is 5.59. The highest BCUT2D eigenvalue weighted by Gasteiger charge is 2.33. The summed E-state index contributed by atoms with van der Waals surface area (Å²) < 4.78 is 0. The van der Waals surface area contributed by atoms with E-state index in [1.54, 1.807) is 0 Å². The number of fused-ring (bicyclic) bond motifs is 1. The van der Waals surface area contributed by atoms with E-state index >= 15 is 0 Å². The van der Waals surface area contributed by atoms with Crippen LogP contribution in [-0.2, 0) is 9.59 Å². The maximum atomic E-state index is 11.7. The first kappa shape index (κ1) is 14.3. The summed E-state index contributed by atoms with van der Waals surface area (Å²) in [4.78, 5) is 26.8. The van der Waals surface area contributed by atoms with E-state index in [0.29, 0.717) is 18.6 Å². The second-order valence-corrected chi connectivity index (χ2v) is 5.59. The Kier molecular flexibility index (Phi) is 4.76. The van der Waals surface area contributed by atoms with Crippen LogP contribution < -0.4 is 5.32 Å². The number of carboxylic acid groups (broad SMARTS) is 1. The maximum absolute atomic E-state index is 11.7. The van der Waals surface area contributed by atoms with Gasteiger partial charge in [-0.05, 0) is 26.3 Å². The number of nitrogens with one attached hydrogen (secondary N) is 1. The van der Waals surface area contributed by atoms with Gasteiger partial charge in [-0.3, -0.25) is 19.4 Å². The molecule has 1 amide bonds. The minimum atomic E-state index is -1.00. The number of piperidine rings is 1. The Hall–Kier alpha value is -1.14. The fraction of sp³-hybridized carbons (Fsp3) is 0.846. The lowest BCUT2D eigenvalue weighted by atomic mass is 9.97. The molecule has 2 aliphatic heterocycles. The lowest BCUT2D eigenvalue weighted by Gasteiger charge is -2.47. The molecular formula is C13H23N3O3. The highest BCUT2D eigenvalue weighted by molar-refractivity contribution is 5.82. The smallest absolute Gasteiger partial charge is 0.322 e. The first-order chi connectivity index (χ1) is 9.06. The van der Waals surface area contributed by atoms with Gasteiger partial charge in [-0.1, -0.05) is 6.42 Å². The van der Waals surface area contributed by atoms with Crippen LogP contribution in [0.4, 0.5) is 0 Å². The van der Waals surface area contributed by atoms with Gasteiger partial charge >= 0.3 is 5.97 Å². The second kappa shape index (κ2) is 6.34. The third-order valence-electron chi connectivity index (χ3n) is 4.10. The summed E-state index contributed by atoms with van der Waals surface area (Å²) in [6.45, 7) is 5.25. The van der Waals surface area contributed by atoms with Crippen LogP contribution >= 0.6 is 0 Å². The highest BCUT2D eigenvalue weighted by Crippen LogP contribution is 2.23. The van der Waals surface area contributed by atoms with E-state index in [9.17, 15) is 9.59 Å². The molecule has 2 atom stereocenters. The minimum absolute atomic E-state index is 0.196. The molecule has 2 saturated heterocycles. The number of aliphatic carboxylic acids is 1. The molecular weight excluding hydrogens is 246 g/mol. The van der Waals surface area contributed by atoms with E-state index in [0.717, 1.165) is 13.1 Å². The van der Waals surface area contributed by atoms with Crippen molar-refractivity contribution in [1.82, 2.24) is 15.1 Å². The van der Waals surface area contributed by atoms with Crippen LogP contribution in [0.15, 0.2) is 0 Å². The van der Waals surface area contributed by atoms with Gasteiger partial charge in [0.05, 0.1) is 6.54 Å². The fourth-order valence-corrected chi connectivity index (χ4v) is 3.05. The molecule has 0 aromatic heterocycles. The zero-order chi connectivity index (χ0) is 13.8. The summed E-state index contributed by atoms with van der Waals surface area (Å²) in [5.74, 6) is -1.20. The van der Waals surface area contributed by atoms with Gasteiger partial charge in [0.2, 0.25) is 5.91 Å². The summed E-state index contributed by atoms with van der Waals surface area (Å²) in [7, 11) is 0. The Morgan fingerprint density at radius 1 is 1.32 bits per heavy atom. The van der Waals surface area contributed by atoms with Crippen molar-refractivity contribution >= 4 is 11.9 Å². The summed E-state index contributed by atoms with van der Waals surface area (Å²) >= 11 is 0.